The predicted octanol–water partition coefficient (Wildman–Crippen LogP) is 2.51. The van der Waals surface area contributed by atoms with Gasteiger partial charge in [-0.15, -0.1) is 0 Å². The van der Waals surface area contributed by atoms with Crippen molar-refractivity contribution >= 4 is 34.6 Å². The smallest absolute Gasteiger partial charge is 0.244 e. The lowest BCUT2D eigenvalue weighted by molar-refractivity contribution is -0.118. The van der Waals surface area contributed by atoms with E-state index >= 15 is 0 Å². The molecule has 3 aliphatic heterocycles. The molecule has 2 bridgehead atoms. The van der Waals surface area contributed by atoms with E-state index in [1.807, 2.05) is 24.3 Å². The van der Waals surface area contributed by atoms with Gasteiger partial charge in [0.25, 0.3) is 0 Å². The summed E-state index contributed by atoms with van der Waals surface area (Å²) in [6, 6.07) is 8.47. The van der Waals surface area contributed by atoms with Gasteiger partial charge in [0.2, 0.25) is 5.91 Å². The highest BCUT2D eigenvalue weighted by Gasteiger charge is 2.34. The summed E-state index contributed by atoms with van der Waals surface area (Å²) in [6.45, 7) is 3.43. The lowest BCUT2D eigenvalue weighted by Gasteiger charge is -2.44. The van der Waals surface area contributed by atoms with Gasteiger partial charge in [0.1, 0.15) is 0 Å². The van der Waals surface area contributed by atoms with Crippen LogP contribution in [0.2, 0.25) is 0 Å². The van der Waals surface area contributed by atoms with Gasteiger partial charge in [0, 0.05) is 22.2 Å². The first-order valence-electron chi connectivity index (χ1n) is 7.17. The number of fused-ring (bicyclic) bond motifs is 3. The summed E-state index contributed by atoms with van der Waals surface area (Å²) in [4.78, 5) is 14.5. The van der Waals surface area contributed by atoms with Gasteiger partial charge in [-0.3, -0.25) is 4.79 Å². The number of hydrogen-bond donors (Lipinski definition) is 1. The summed E-state index contributed by atoms with van der Waals surface area (Å²) in [5.41, 5.74) is 1.07. The van der Waals surface area contributed by atoms with E-state index in [2.05, 4.69) is 38.9 Å². The van der Waals surface area contributed by atoms with Gasteiger partial charge in [0.05, 0.1) is 0 Å². The molecule has 0 spiro atoms. The van der Waals surface area contributed by atoms with E-state index in [9.17, 15) is 4.79 Å². The van der Waals surface area contributed by atoms with Crippen molar-refractivity contribution in [2.75, 3.05) is 19.6 Å². The van der Waals surface area contributed by atoms with Crippen molar-refractivity contribution in [3.8, 4) is 0 Å². The molecule has 3 nitrogen and oxygen atoms in total. The number of benzene rings is 1. The third-order valence-corrected chi connectivity index (χ3v) is 4.93. The maximum atomic E-state index is 12.0. The van der Waals surface area contributed by atoms with Crippen LogP contribution in [0.15, 0.2) is 30.3 Å². The Kier molecular flexibility index (Phi) is 4.41. The summed E-state index contributed by atoms with van der Waals surface area (Å²) >= 11 is 2.28. The fourth-order valence-electron chi connectivity index (χ4n) is 3.14. The van der Waals surface area contributed by atoms with E-state index in [1.165, 1.54) is 29.5 Å². The highest BCUT2D eigenvalue weighted by atomic mass is 127. The molecule has 0 aromatic heterocycles. The Labute approximate surface area is 133 Å². The Hall–Kier alpha value is -0.880. The number of hydrogen-bond acceptors (Lipinski definition) is 2. The SMILES string of the molecule is O=C(C=Cc1cccc(I)c1)NC1CN2CCC1CC2. The summed E-state index contributed by atoms with van der Waals surface area (Å²) in [6.07, 6.45) is 6.00. The number of carbonyl (C=O) groups excluding carboxylic acids is 1. The van der Waals surface area contributed by atoms with Crippen LogP contribution in [0.5, 0.6) is 0 Å². The van der Waals surface area contributed by atoms with E-state index in [1.54, 1.807) is 6.08 Å². The fraction of sp³-hybridized carbons (Fsp3) is 0.438. The number of nitrogens with zero attached hydrogens (tertiary/aromatic N) is 1. The van der Waals surface area contributed by atoms with E-state index in [0.29, 0.717) is 12.0 Å². The number of carbonyl (C=O) groups is 1. The van der Waals surface area contributed by atoms with Crippen LogP contribution in [0.4, 0.5) is 0 Å². The molecule has 3 fully saturated rings. The monoisotopic (exact) mass is 382 g/mol. The van der Waals surface area contributed by atoms with Crippen LogP contribution in [0.1, 0.15) is 18.4 Å². The number of piperidine rings is 3. The third kappa shape index (κ3) is 3.41. The van der Waals surface area contributed by atoms with E-state index in [-0.39, 0.29) is 5.91 Å². The van der Waals surface area contributed by atoms with Crippen LogP contribution in [0.3, 0.4) is 0 Å². The average Bonchev–Trinajstić information content (AvgIpc) is 2.46. The molecule has 3 heterocycles. The molecule has 106 valence electrons. The van der Waals surface area contributed by atoms with Gasteiger partial charge in [-0.2, -0.15) is 0 Å². The molecular weight excluding hydrogens is 363 g/mol. The van der Waals surface area contributed by atoms with Crippen LogP contribution in [0, 0.1) is 9.49 Å². The van der Waals surface area contributed by atoms with Crippen LogP contribution in [-0.2, 0) is 4.79 Å². The lowest BCUT2D eigenvalue weighted by atomic mass is 9.84. The molecule has 0 radical (unpaired) electrons. The van der Waals surface area contributed by atoms with Crippen LogP contribution >= 0.6 is 22.6 Å². The van der Waals surface area contributed by atoms with E-state index < -0.39 is 0 Å². The van der Waals surface area contributed by atoms with Gasteiger partial charge in [-0.05, 0) is 78.2 Å². The zero-order valence-corrected chi connectivity index (χ0v) is 13.5. The largest absolute Gasteiger partial charge is 0.348 e. The summed E-state index contributed by atoms with van der Waals surface area (Å²) < 4.78 is 1.18. The Morgan fingerprint density at radius 2 is 2.15 bits per heavy atom. The van der Waals surface area contributed by atoms with Crippen molar-refractivity contribution in [1.29, 1.82) is 0 Å². The summed E-state index contributed by atoms with van der Waals surface area (Å²) in [5, 5.41) is 3.17. The topological polar surface area (TPSA) is 32.3 Å². The van der Waals surface area contributed by atoms with Crippen LogP contribution in [-0.4, -0.2) is 36.5 Å². The second-order valence-corrected chi connectivity index (χ2v) is 6.89. The molecule has 1 aromatic rings. The summed E-state index contributed by atoms with van der Waals surface area (Å²) in [5.74, 6) is 0.706. The molecule has 3 saturated heterocycles. The number of rotatable bonds is 3. The maximum absolute atomic E-state index is 12.0. The minimum atomic E-state index is 0.0302. The van der Waals surface area contributed by atoms with E-state index in [4.69, 9.17) is 0 Å². The molecule has 4 heteroatoms. The minimum absolute atomic E-state index is 0.0302. The first-order valence-corrected chi connectivity index (χ1v) is 8.25. The van der Waals surface area contributed by atoms with Gasteiger partial charge in [-0.1, -0.05) is 12.1 Å². The number of nitrogens with one attached hydrogen (secondary N) is 1. The molecule has 20 heavy (non-hydrogen) atoms. The van der Waals surface area contributed by atoms with Gasteiger partial charge < -0.3 is 10.2 Å². The second kappa shape index (κ2) is 6.26. The van der Waals surface area contributed by atoms with E-state index in [0.717, 1.165) is 12.1 Å². The second-order valence-electron chi connectivity index (χ2n) is 5.64. The summed E-state index contributed by atoms with van der Waals surface area (Å²) in [7, 11) is 0. The van der Waals surface area contributed by atoms with Crippen LogP contribution in [0.25, 0.3) is 6.08 Å². The Balaban J connectivity index is 1.57. The molecule has 3 aliphatic rings. The first-order chi connectivity index (χ1) is 9.70. The molecule has 1 aromatic carbocycles. The lowest BCUT2D eigenvalue weighted by Crippen LogP contribution is -2.57. The fourth-order valence-corrected chi connectivity index (χ4v) is 3.71. The molecular formula is C16H19IN2O. The molecule has 1 N–H and O–H groups in total. The van der Waals surface area contributed by atoms with Crippen LogP contribution < -0.4 is 5.32 Å². The molecule has 1 unspecified atom stereocenters. The van der Waals surface area contributed by atoms with Crippen molar-refractivity contribution < 1.29 is 4.79 Å². The molecule has 0 saturated carbocycles. The maximum Gasteiger partial charge on any atom is 0.244 e. The van der Waals surface area contributed by atoms with Crippen molar-refractivity contribution in [2.45, 2.75) is 18.9 Å². The van der Waals surface area contributed by atoms with Gasteiger partial charge >= 0.3 is 0 Å². The average molecular weight is 382 g/mol. The van der Waals surface area contributed by atoms with Gasteiger partial charge in [0.15, 0.2) is 0 Å². The normalized spacial score (nSPS) is 28.8. The number of amides is 1. The quantitative estimate of drug-likeness (QED) is 0.644. The zero-order valence-electron chi connectivity index (χ0n) is 11.4. The highest BCUT2D eigenvalue weighted by Crippen LogP contribution is 2.27. The minimum Gasteiger partial charge on any atom is -0.348 e. The highest BCUT2D eigenvalue weighted by molar-refractivity contribution is 14.1. The van der Waals surface area contributed by atoms with Crippen molar-refractivity contribution in [3.05, 3.63) is 39.5 Å². The standard InChI is InChI=1S/C16H19IN2O/c17-14-3-1-2-12(10-14)4-5-16(20)18-15-11-19-8-6-13(15)7-9-19/h1-5,10,13,15H,6-9,11H2,(H,18,20). The number of halogens is 1. The molecule has 1 atom stereocenters. The van der Waals surface area contributed by atoms with Gasteiger partial charge in [-0.25, -0.2) is 0 Å². The zero-order chi connectivity index (χ0) is 13.9. The molecule has 0 aliphatic carbocycles. The van der Waals surface area contributed by atoms with Crippen molar-refractivity contribution in [1.82, 2.24) is 10.2 Å². The molecule has 1 amide bonds. The van der Waals surface area contributed by atoms with Crippen molar-refractivity contribution in [2.24, 2.45) is 5.92 Å². The Bertz CT molecular complexity index is 521. The third-order valence-electron chi connectivity index (χ3n) is 4.26. The predicted molar refractivity (Wildman–Crippen MR) is 89.3 cm³/mol. The first kappa shape index (κ1) is 14.1. The Morgan fingerprint density at radius 3 is 2.80 bits per heavy atom. The van der Waals surface area contributed by atoms with Crippen molar-refractivity contribution in [3.63, 3.8) is 0 Å². The molecule has 4 rings (SSSR count). The Morgan fingerprint density at radius 1 is 1.35 bits per heavy atom.